The molecule has 8 rings (SSSR count). The van der Waals surface area contributed by atoms with Crippen LogP contribution in [0.25, 0.3) is 44.2 Å². The van der Waals surface area contributed by atoms with E-state index in [1.54, 1.807) is 0 Å². The molecule has 1 aliphatic rings. The average molecular weight is 499 g/mol. The first-order chi connectivity index (χ1) is 19.3. The predicted molar refractivity (Wildman–Crippen MR) is 161 cm³/mol. The van der Waals surface area contributed by atoms with E-state index in [0.717, 1.165) is 33.1 Å². The van der Waals surface area contributed by atoms with Crippen molar-refractivity contribution in [2.24, 2.45) is 0 Å². The van der Waals surface area contributed by atoms with Crippen molar-refractivity contribution >= 4 is 21.9 Å². The van der Waals surface area contributed by atoms with Gasteiger partial charge in [-0.15, -0.1) is 0 Å². The van der Waals surface area contributed by atoms with Gasteiger partial charge in [0.25, 0.3) is 0 Å². The lowest BCUT2D eigenvalue weighted by Gasteiger charge is -2.34. The van der Waals surface area contributed by atoms with Crippen LogP contribution in [0.5, 0.6) is 0 Å². The summed E-state index contributed by atoms with van der Waals surface area (Å²) < 4.78 is 6.36. The number of furan rings is 1. The Morgan fingerprint density at radius 2 is 1.13 bits per heavy atom. The summed E-state index contributed by atoms with van der Waals surface area (Å²) in [6.07, 6.45) is 0. The minimum absolute atomic E-state index is 0.386. The van der Waals surface area contributed by atoms with Gasteiger partial charge in [-0.2, -0.15) is 0 Å². The molecule has 6 aromatic carbocycles. The number of hydrogen-bond acceptors (Lipinski definition) is 1. The number of aryl methyl sites for hydroxylation is 1. The molecule has 184 valence electrons. The molecule has 0 amide bonds. The molecule has 0 radical (unpaired) electrons. The van der Waals surface area contributed by atoms with Crippen molar-refractivity contribution in [3.63, 3.8) is 0 Å². The molecule has 39 heavy (non-hydrogen) atoms. The van der Waals surface area contributed by atoms with E-state index in [9.17, 15) is 0 Å². The normalized spacial score (nSPS) is 15.9. The topological polar surface area (TPSA) is 13.1 Å². The fraction of sp³-hybridized carbons (Fsp3) is 0.0526. The molecule has 7 aromatic rings. The van der Waals surface area contributed by atoms with Gasteiger partial charge >= 0.3 is 0 Å². The predicted octanol–water partition coefficient (Wildman–Crippen LogP) is 9.92. The van der Waals surface area contributed by atoms with Crippen LogP contribution in [0, 0.1) is 6.92 Å². The Hall–Kier alpha value is -4.88. The molecule has 1 aromatic heterocycles. The van der Waals surface area contributed by atoms with E-state index in [4.69, 9.17) is 4.42 Å². The highest BCUT2D eigenvalue weighted by atomic mass is 16.3. The van der Waals surface area contributed by atoms with Crippen LogP contribution < -0.4 is 0 Å². The van der Waals surface area contributed by atoms with E-state index in [1.807, 2.05) is 12.1 Å². The van der Waals surface area contributed by atoms with Crippen LogP contribution in [0.15, 0.2) is 144 Å². The first-order valence-electron chi connectivity index (χ1n) is 13.5. The summed E-state index contributed by atoms with van der Waals surface area (Å²) in [6, 6.07) is 50.5. The van der Waals surface area contributed by atoms with Gasteiger partial charge in [-0.3, -0.25) is 0 Å². The van der Waals surface area contributed by atoms with Gasteiger partial charge < -0.3 is 4.42 Å². The highest BCUT2D eigenvalue weighted by Gasteiger charge is 2.46. The van der Waals surface area contributed by atoms with Gasteiger partial charge in [-0.1, -0.05) is 133 Å². The molecule has 1 atom stereocenters. The van der Waals surface area contributed by atoms with Crippen LogP contribution >= 0.6 is 0 Å². The van der Waals surface area contributed by atoms with E-state index in [1.165, 1.54) is 38.9 Å². The maximum atomic E-state index is 6.36. The molecule has 0 bridgehead atoms. The summed E-state index contributed by atoms with van der Waals surface area (Å²) in [7, 11) is 0. The highest BCUT2D eigenvalue weighted by molar-refractivity contribution is 6.09. The zero-order valence-corrected chi connectivity index (χ0v) is 21.7. The van der Waals surface area contributed by atoms with Crippen LogP contribution in [-0.2, 0) is 5.41 Å². The van der Waals surface area contributed by atoms with Gasteiger partial charge in [0, 0.05) is 16.3 Å². The molecule has 1 aliphatic carbocycles. The maximum Gasteiger partial charge on any atom is 0.143 e. The third-order valence-corrected chi connectivity index (χ3v) is 8.52. The lowest BCUT2D eigenvalue weighted by Crippen LogP contribution is -2.28. The van der Waals surface area contributed by atoms with Crippen molar-refractivity contribution in [3.05, 3.63) is 167 Å². The second-order valence-corrected chi connectivity index (χ2v) is 10.5. The molecule has 1 nitrogen and oxygen atoms in total. The Balaban J connectivity index is 1.38. The maximum absolute atomic E-state index is 6.36. The van der Waals surface area contributed by atoms with E-state index >= 15 is 0 Å². The summed E-state index contributed by atoms with van der Waals surface area (Å²) in [5.74, 6) is 0. The van der Waals surface area contributed by atoms with Crippen molar-refractivity contribution in [3.8, 4) is 22.3 Å². The molecule has 0 saturated heterocycles. The average Bonchev–Trinajstić information content (AvgIpc) is 3.53. The molecular formula is C38H26O. The molecule has 0 aliphatic heterocycles. The number of para-hydroxylation sites is 2. The molecule has 1 heteroatoms. The zero-order chi connectivity index (χ0) is 26.0. The molecule has 0 fully saturated rings. The summed E-state index contributed by atoms with van der Waals surface area (Å²) >= 11 is 0. The zero-order valence-electron chi connectivity index (χ0n) is 21.7. The van der Waals surface area contributed by atoms with Gasteiger partial charge in [0.1, 0.15) is 11.2 Å². The smallest absolute Gasteiger partial charge is 0.143 e. The third-order valence-electron chi connectivity index (χ3n) is 8.52. The number of rotatable bonds is 3. The summed E-state index contributed by atoms with van der Waals surface area (Å²) in [5.41, 5.74) is 13.0. The summed E-state index contributed by atoms with van der Waals surface area (Å²) in [4.78, 5) is 0. The van der Waals surface area contributed by atoms with Crippen LogP contribution in [-0.4, -0.2) is 0 Å². The Morgan fingerprint density at radius 3 is 2.00 bits per heavy atom. The number of fused-ring (bicyclic) bond motifs is 6. The Kier molecular flexibility index (Phi) is 4.72. The fourth-order valence-electron chi connectivity index (χ4n) is 6.86. The van der Waals surface area contributed by atoms with Crippen LogP contribution in [0.2, 0.25) is 0 Å². The number of hydrogen-bond donors (Lipinski definition) is 0. The number of benzene rings is 6. The van der Waals surface area contributed by atoms with Crippen molar-refractivity contribution in [2.75, 3.05) is 0 Å². The first-order valence-corrected chi connectivity index (χ1v) is 13.5. The Morgan fingerprint density at radius 1 is 0.487 bits per heavy atom. The molecule has 1 heterocycles. The standard InChI is InChI=1S/C38H26O/c1-25-11-9-19-34-36(25)32-15-5-7-18-33(32)38(34,27-12-3-2-4-13-27)28-23-21-26(22-24-28)29-16-10-17-31-30-14-6-8-20-35(30)39-37(29)31/h2-24H,1H3. The Labute approximate surface area is 228 Å². The van der Waals surface area contributed by atoms with E-state index in [-0.39, 0.29) is 5.41 Å². The minimum Gasteiger partial charge on any atom is -0.455 e. The molecule has 0 saturated carbocycles. The van der Waals surface area contributed by atoms with Crippen LogP contribution in [0.1, 0.15) is 27.8 Å². The van der Waals surface area contributed by atoms with Gasteiger partial charge in [0.2, 0.25) is 0 Å². The second-order valence-electron chi connectivity index (χ2n) is 10.5. The summed E-state index contributed by atoms with van der Waals surface area (Å²) in [6.45, 7) is 2.23. The van der Waals surface area contributed by atoms with E-state index in [0.29, 0.717) is 0 Å². The lowest BCUT2D eigenvalue weighted by molar-refractivity contribution is 0.670. The third kappa shape index (κ3) is 3.02. The van der Waals surface area contributed by atoms with Crippen LogP contribution in [0.4, 0.5) is 0 Å². The highest BCUT2D eigenvalue weighted by Crippen LogP contribution is 2.56. The van der Waals surface area contributed by atoms with Crippen molar-refractivity contribution in [2.45, 2.75) is 12.3 Å². The monoisotopic (exact) mass is 498 g/mol. The van der Waals surface area contributed by atoms with Crippen molar-refractivity contribution in [1.82, 2.24) is 0 Å². The Bertz CT molecular complexity index is 2010. The van der Waals surface area contributed by atoms with Gasteiger partial charge in [-0.25, -0.2) is 0 Å². The first kappa shape index (κ1) is 22.1. The van der Waals surface area contributed by atoms with E-state index < -0.39 is 0 Å². The molecular weight excluding hydrogens is 472 g/mol. The van der Waals surface area contributed by atoms with Gasteiger partial charge in [0.05, 0.1) is 5.41 Å². The molecule has 0 spiro atoms. The SMILES string of the molecule is Cc1cccc2c1-c1ccccc1C2(c1ccccc1)c1ccc(-c2cccc3c2oc2ccccc23)cc1. The second kappa shape index (κ2) is 8.31. The quantitative estimate of drug-likeness (QED) is 0.236. The van der Waals surface area contributed by atoms with Gasteiger partial charge in [-0.05, 0) is 57.5 Å². The largest absolute Gasteiger partial charge is 0.455 e. The fourth-order valence-corrected chi connectivity index (χ4v) is 6.86. The molecule has 0 N–H and O–H groups in total. The molecule has 1 unspecified atom stereocenters. The summed E-state index contributed by atoms with van der Waals surface area (Å²) in [5, 5.41) is 2.31. The van der Waals surface area contributed by atoms with Gasteiger partial charge in [0.15, 0.2) is 0 Å². The lowest BCUT2D eigenvalue weighted by atomic mass is 9.67. The van der Waals surface area contributed by atoms with Crippen molar-refractivity contribution < 1.29 is 4.42 Å². The van der Waals surface area contributed by atoms with E-state index in [2.05, 4.69) is 134 Å². The van der Waals surface area contributed by atoms with Crippen LogP contribution in [0.3, 0.4) is 0 Å². The minimum atomic E-state index is -0.386. The van der Waals surface area contributed by atoms with Crippen molar-refractivity contribution in [1.29, 1.82) is 0 Å².